The van der Waals surface area contributed by atoms with Crippen LogP contribution in [0.2, 0.25) is 0 Å². The molecule has 16 heavy (non-hydrogen) atoms. The Balaban J connectivity index is 1.96. The van der Waals surface area contributed by atoms with Crippen molar-refractivity contribution < 1.29 is 4.39 Å². The molecule has 86 valence electrons. The normalized spacial score (nSPS) is 16.2. The second-order valence-corrected chi connectivity index (χ2v) is 4.40. The molecule has 0 heterocycles. The molecular weight excluding hydrogens is 225 g/mol. The van der Waals surface area contributed by atoms with Crippen LogP contribution in [0.3, 0.4) is 0 Å². The molecule has 3 heteroatoms. The van der Waals surface area contributed by atoms with Gasteiger partial charge in [-0.15, -0.1) is 0 Å². The lowest BCUT2D eigenvalue weighted by molar-refractivity contribution is 0.283. The topological polar surface area (TPSA) is 3.24 Å². The van der Waals surface area contributed by atoms with Gasteiger partial charge in [-0.25, -0.2) is 4.39 Å². The van der Waals surface area contributed by atoms with Crippen LogP contribution in [0.25, 0.3) is 0 Å². The average Bonchev–Trinajstić information content (AvgIpc) is 3.11. The molecule has 0 saturated heterocycles. The van der Waals surface area contributed by atoms with E-state index in [4.69, 9.17) is 11.6 Å². The predicted molar refractivity (Wildman–Crippen MR) is 64.8 cm³/mol. The molecule has 1 aliphatic rings. The summed E-state index contributed by atoms with van der Waals surface area (Å²) in [7, 11) is 0. The Morgan fingerprint density at radius 2 is 2.00 bits per heavy atom. The molecule has 0 N–H and O–H groups in total. The minimum atomic E-state index is -0.178. The van der Waals surface area contributed by atoms with Crippen molar-refractivity contribution in [3.8, 4) is 0 Å². The van der Waals surface area contributed by atoms with Gasteiger partial charge in [-0.3, -0.25) is 4.90 Å². The van der Waals surface area contributed by atoms with Gasteiger partial charge in [-0.2, -0.15) is 0 Å². The third-order valence-electron chi connectivity index (χ3n) is 2.79. The highest BCUT2D eigenvalue weighted by atomic mass is 35.5. The molecule has 0 atom stereocenters. The summed E-state index contributed by atoms with van der Waals surface area (Å²) in [6.45, 7) is 1.73. The van der Waals surface area contributed by atoms with E-state index in [1.807, 2.05) is 18.2 Å². The standard InChI is InChI=1S/C13H15ClFN/c14-8-1-9-16(13-6-7-13)10-11-2-4-12(15)5-3-11/h1-5,8,13H,6-7,9-10H2/b8-1+. The van der Waals surface area contributed by atoms with Crippen LogP contribution in [-0.4, -0.2) is 17.5 Å². The van der Waals surface area contributed by atoms with Gasteiger partial charge in [0.2, 0.25) is 0 Å². The molecular formula is C13H15ClFN. The zero-order chi connectivity index (χ0) is 11.4. The second-order valence-electron chi connectivity index (χ2n) is 4.15. The van der Waals surface area contributed by atoms with Gasteiger partial charge in [-0.05, 0) is 30.5 Å². The van der Waals surface area contributed by atoms with E-state index in [-0.39, 0.29) is 5.82 Å². The number of hydrogen-bond acceptors (Lipinski definition) is 1. The van der Waals surface area contributed by atoms with E-state index in [1.54, 1.807) is 5.54 Å². The summed E-state index contributed by atoms with van der Waals surface area (Å²) in [5.74, 6) is -0.178. The van der Waals surface area contributed by atoms with Gasteiger partial charge in [0.1, 0.15) is 5.82 Å². The maximum Gasteiger partial charge on any atom is 0.123 e. The van der Waals surface area contributed by atoms with Gasteiger partial charge < -0.3 is 0 Å². The Kier molecular flexibility index (Phi) is 3.97. The van der Waals surface area contributed by atoms with Crippen LogP contribution in [0, 0.1) is 5.82 Å². The fraction of sp³-hybridized carbons (Fsp3) is 0.385. The molecule has 0 aliphatic heterocycles. The van der Waals surface area contributed by atoms with Crippen molar-refractivity contribution >= 4 is 11.6 Å². The number of benzene rings is 1. The Hall–Kier alpha value is -0.860. The smallest absolute Gasteiger partial charge is 0.123 e. The van der Waals surface area contributed by atoms with E-state index in [1.165, 1.54) is 25.0 Å². The Bertz CT molecular complexity index is 357. The zero-order valence-corrected chi connectivity index (χ0v) is 9.83. The van der Waals surface area contributed by atoms with Crippen LogP contribution in [0.1, 0.15) is 18.4 Å². The maximum absolute atomic E-state index is 12.8. The first-order valence-electron chi connectivity index (χ1n) is 5.53. The summed E-state index contributed by atoms with van der Waals surface area (Å²) in [6, 6.07) is 7.39. The Morgan fingerprint density at radius 3 is 2.56 bits per heavy atom. The predicted octanol–water partition coefficient (Wildman–Crippen LogP) is 3.54. The summed E-state index contributed by atoms with van der Waals surface area (Å²) >= 11 is 5.54. The lowest BCUT2D eigenvalue weighted by atomic mass is 10.2. The molecule has 1 saturated carbocycles. The number of halogens is 2. The SMILES string of the molecule is Fc1ccc(CN(C/C=C/Cl)C2CC2)cc1. The van der Waals surface area contributed by atoms with Gasteiger partial charge in [-0.1, -0.05) is 29.8 Å². The molecule has 1 aromatic carbocycles. The molecule has 0 unspecified atom stereocenters. The molecule has 1 fully saturated rings. The molecule has 2 rings (SSSR count). The fourth-order valence-corrected chi connectivity index (χ4v) is 1.86. The third-order valence-corrected chi connectivity index (χ3v) is 2.97. The molecule has 0 amide bonds. The van der Waals surface area contributed by atoms with Gasteiger partial charge in [0, 0.05) is 24.7 Å². The van der Waals surface area contributed by atoms with Crippen LogP contribution in [0.5, 0.6) is 0 Å². The maximum atomic E-state index is 12.8. The highest BCUT2D eigenvalue weighted by molar-refractivity contribution is 6.25. The van der Waals surface area contributed by atoms with Crippen molar-refractivity contribution in [2.24, 2.45) is 0 Å². The molecule has 0 radical (unpaired) electrons. The van der Waals surface area contributed by atoms with E-state index < -0.39 is 0 Å². The van der Waals surface area contributed by atoms with E-state index in [2.05, 4.69) is 4.90 Å². The first-order chi connectivity index (χ1) is 7.79. The van der Waals surface area contributed by atoms with Crippen LogP contribution >= 0.6 is 11.6 Å². The first-order valence-corrected chi connectivity index (χ1v) is 5.97. The molecule has 1 aromatic rings. The minimum absolute atomic E-state index is 0.178. The van der Waals surface area contributed by atoms with Crippen molar-refractivity contribution in [2.75, 3.05) is 6.54 Å². The van der Waals surface area contributed by atoms with Crippen LogP contribution < -0.4 is 0 Å². The van der Waals surface area contributed by atoms with Crippen molar-refractivity contribution in [3.05, 3.63) is 47.3 Å². The Morgan fingerprint density at radius 1 is 1.31 bits per heavy atom. The van der Waals surface area contributed by atoms with Gasteiger partial charge in [0.05, 0.1) is 0 Å². The fourth-order valence-electron chi connectivity index (χ4n) is 1.78. The minimum Gasteiger partial charge on any atom is -0.292 e. The summed E-state index contributed by atoms with van der Waals surface area (Å²) in [5, 5.41) is 0. The largest absolute Gasteiger partial charge is 0.292 e. The third kappa shape index (κ3) is 3.32. The summed E-state index contributed by atoms with van der Waals surface area (Å²) in [6.07, 6.45) is 4.47. The van der Waals surface area contributed by atoms with Crippen molar-refractivity contribution in [2.45, 2.75) is 25.4 Å². The number of nitrogens with zero attached hydrogens (tertiary/aromatic N) is 1. The molecule has 0 spiro atoms. The van der Waals surface area contributed by atoms with Crippen LogP contribution in [0.4, 0.5) is 4.39 Å². The number of rotatable bonds is 5. The van der Waals surface area contributed by atoms with Gasteiger partial charge in [0.25, 0.3) is 0 Å². The van der Waals surface area contributed by atoms with E-state index in [0.29, 0.717) is 6.04 Å². The van der Waals surface area contributed by atoms with Crippen LogP contribution in [-0.2, 0) is 6.54 Å². The molecule has 0 bridgehead atoms. The lowest BCUT2D eigenvalue weighted by Crippen LogP contribution is -2.25. The highest BCUT2D eigenvalue weighted by Crippen LogP contribution is 2.28. The van der Waals surface area contributed by atoms with Gasteiger partial charge >= 0.3 is 0 Å². The van der Waals surface area contributed by atoms with E-state index in [9.17, 15) is 4.39 Å². The monoisotopic (exact) mass is 239 g/mol. The first kappa shape index (κ1) is 11.6. The highest BCUT2D eigenvalue weighted by Gasteiger charge is 2.27. The van der Waals surface area contributed by atoms with E-state index >= 15 is 0 Å². The van der Waals surface area contributed by atoms with Crippen LogP contribution in [0.15, 0.2) is 35.9 Å². The number of hydrogen-bond donors (Lipinski definition) is 0. The van der Waals surface area contributed by atoms with Crippen molar-refractivity contribution in [3.63, 3.8) is 0 Å². The summed E-state index contributed by atoms with van der Waals surface area (Å²) in [5.41, 5.74) is 2.70. The summed E-state index contributed by atoms with van der Waals surface area (Å²) in [4.78, 5) is 2.37. The summed E-state index contributed by atoms with van der Waals surface area (Å²) < 4.78 is 12.8. The quantitative estimate of drug-likeness (QED) is 0.760. The van der Waals surface area contributed by atoms with Crippen molar-refractivity contribution in [1.29, 1.82) is 0 Å². The zero-order valence-electron chi connectivity index (χ0n) is 9.07. The molecule has 1 nitrogen and oxygen atoms in total. The molecule has 1 aliphatic carbocycles. The van der Waals surface area contributed by atoms with Gasteiger partial charge in [0.15, 0.2) is 0 Å². The molecule has 0 aromatic heterocycles. The van der Waals surface area contributed by atoms with Crippen molar-refractivity contribution in [1.82, 2.24) is 4.90 Å². The Labute approximate surface area is 101 Å². The average molecular weight is 240 g/mol. The lowest BCUT2D eigenvalue weighted by Gasteiger charge is -2.20. The second kappa shape index (κ2) is 5.46. The van der Waals surface area contributed by atoms with E-state index in [0.717, 1.165) is 18.7 Å².